The van der Waals surface area contributed by atoms with Gasteiger partial charge in [0.05, 0.1) is 12.6 Å². The Balaban J connectivity index is 2.90. The lowest BCUT2D eigenvalue weighted by molar-refractivity contribution is -0.142. The van der Waals surface area contributed by atoms with E-state index < -0.39 is 54.5 Å². The maximum atomic E-state index is 13.1. The van der Waals surface area contributed by atoms with Crippen molar-refractivity contribution in [2.45, 2.75) is 69.1 Å². The van der Waals surface area contributed by atoms with Crippen LogP contribution in [0.4, 0.5) is 0 Å². The van der Waals surface area contributed by atoms with Crippen LogP contribution in [0.5, 0.6) is 0 Å². The molecule has 1 rings (SSSR count). The van der Waals surface area contributed by atoms with Gasteiger partial charge in [-0.25, -0.2) is 4.79 Å². The fourth-order valence-electron chi connectivity index (χ4n) is 3.47. The summed E-state index contributed by atoms with van der Waals surface area (Å²) in [5, 5.41) is 26.5. The third-order valence-corrected chi connectivity index (χ3v) is 5.60. The number of hydrogen-bond acceptors (Lipinski definition) is 8. The van der Waals surface area contributed by atoms with Gasteiger partial charge >= 0.3 is 5.97 Å². The number of carbonyl (C=O) groups is 4. The minimum Gasteiger partial charge on any atom is -0.480 e. The average molecular weight is 509 g/mol. The van der Waals surface area contributed by atoms with Crippen LogP contribution >= 0.6 is 0 Å². The number of carboxylic acid groups (broad SMARTS) is 1. The second kappa shape index (κ2) is 17.4. The summed E-state index contributed by atoms with van der Waals surface area (Å²) in [5.74, 6) is -3.33. The van der Waals surface area contributed by atoms with Crippen LogP contribution in [0.1, 0.15) is 44.1 Å². The lowest BCUT2D eigenvalue weighted by atomic mass is 10.0. The average Bonchev–Trinajstić information content (AvgIpc) is 2.86. The lowest BCUT2D eigenvalue weighted by Crippen LogP contribution is -2.58. The first-order valence-electron chi connectivity index (χ1n) is 12.2. The summed E-state index contributed by atoms with van der Waals surface area (Å²) in [6, 6.07) is 4.40. The van der Waals surface area contributed by atoms with Crippen LogP contribution in [0.2, 0.25) is 0 Å². The van der Waals surface area contributed by atoms with Crippen LogP contribution in [-0.2, 0) is 25.6 Å². The highest BCUT2D eigenvalue weighted by Crippen LogP contribution is 2.06. The summed E-state index contributed by atoms with van der Waals surface area (Å²) in [5.41, 5.74) is 17.6. The highest BCUT2D eigenvalue weighted by atomic mass is 16.4. The van der Waals surface area contributed by atoms with Gasteiger partial charge in [0, 0.05) is 6.42 Å². The first kappa shape index (κ1) is 31.0. The highest BCUT2D eigenvalue weighted by Gasteiger charge is 2.30. The van der Waals surface area contributed by atoms with Gasteiger partial charge in [-0.05, 0) is 50.8 Å². The van der Waals surface area contributed by atoms with E-state index in [-0.39, 0.29) is 12.8 Å². The van der Waals surface area contributed by atoms with Gasteiger partial charge in [-0.2, -0.15) is 0 Å². The summed E-state index contributed by atoms with van der Waals surface area (Å²) >= 11 is 0. The molecule has 0 aliphatic rings. The molecule has 0 aliphatic carbocycles. The van der Waals surface area contributed by atoms with E-state index >= 15 is 0 Å². The number of aliphatic carboxylic acids is 1. The van der Waals surface area contributed by atoms with Crippen LogP contribution in [0.15, 0.2) is 30.3 Å². The smallest absolute Gasteiger partial charge is 0.326 e. The van der Waals surface area contributed by atoms with Gasteiger partial charge < -0.3 is 43.4 Å². The molecule has 3 amide bonds. The molecule has 0 aliphatic heterocycles. The molecule has 0 spiro atoms. The zero-order valence-corrected chi connectivity index (χ0v) is 20.5. The fourth-order valence-corrected chi connectivity index (χ4v) is 3.47. The molecule has 0 bridgehead atoms. The molecule has 12 nitrogen and oxygen atoms in total. The van der Waals surface area contributed by atoms with E-state index in [9.17, 15) is 29.4 Å². The molecule has 0 saturated carbocycles. The third-order valence-electron chi connectivity index (χ3n) is 5.60. The molecule has 0 radical (unpaired) electrons. The number of unbranched alkanes of at least 4 members (excludes halogenated alkanes) is 2. The second-order valence-electron chi connectivity index (χ2n) is 8.57. The van der Waals surface area contributed by atoms with Crippen LogP contribution in [0, 0.1) is 0 Å². The molecule has 4 atom stereocenters. The Kier molecular flexibility index (Phi) is 15.0. The normalized spacial score (nSPS) is 14.2. The van der Waals surface area contributed by atoms with Crippen molar-refractivity contribution in [3.63, 3.8) is 0 Å². The van der Waals surface area contributed by atoms with Crippen molar-refractivity contribution >= 4 is 23.7 Å². The Morgan fingerprint density at radius 1 is 0.750 bits per heavy atom. The van der Waals surface area contributed by atoms with E-state index in [0.29, 0.717) is 45.2 Å². The Bertz CT molecular complexity index is 825. The predicted molar refractivity (Wildman–Crippen MR) is 134 cm³/mol. The van der Waals surface area contributed by atoms with Gasteiger partial charge in [0.25, 0.3) is 0 Å². The Morgan fingerprint density at radius 3 is 1.83 bits per heavy atom. The third kappa shape index (κ3) is 11.6. The molecule has 0 heterocycles. The lowest BCUT2D eigenvalue weighted by Gasteiger charge is -2.24. The van der Waals surface area contributed by atoms with Crippen molar-refractivity contribution in [1.29, 1.82) is 0 Å². The Morgan fingerprint density at radius 2 is 1.28 bits per heavy atom. The second-order valence-corrected chi connectivity index (χ2v) is 8.57. The number of hydrogen-bond donors (Lipinski definition) is 8. The number of rotatable bonds is 18. The minimum atomic E-state index is -1.41. The molecule has 11 N–H and O–H groups in total. The van der Waals surface area contributed by atoms with Gasteiger partial charge in [-0.15, -0.1) is 0 Å². The van der Waals surface area contributed by atoms with Crippen molar-refractivity contribution < 1.29 is 29.4 Å². The molecular formula is C24H40N6O6. The van der Waals surface area contributed by atoms with Gasteiger partial charge in [0.2, 0.25) is 17.7 Å². The fraction of sp³-hybridized carbons (Fsp3) is 0.583. The first-order chi connectivity index (χ1) is 17.2. The topological polar surface area (TPSA) is 223 Å². The van der Waals surface area contributed by atoms with E-state index in [1.807, 2.05) is 6.07 Å². The van der Waals surface area contributed by atoms with E-state index in [2.05, 4.69) is 16.0 Å². The van der Waals surface area contributed by atoms with Crippen molar-refractivity contribution in [2.75, 3.05) is 19.7 Å². The van der Waals surface area contributed by atoms with Crippen molar-refractivity contribution in [3.05, 3.63) is 35.9 Å². The zero-order valence-electron chi connectivity index (χ0n) is 20.5. The number of aliphatic hydroxyl groups excluding tert-OH is 1. The number of aliphatic hydroxyl groups is 1. The molecule has 1 aromatic carbocycles. The van der Waals surface area contributed by atoms with Crippen LogP contribution in [0.25, 0.3) is 0 Å². The monoisotopic (exact) mass is 508 g/mol. The summed E-state index contributed by atoms with van der Waals surface area (Å²) in [6.45, 7) is 0.103. The van der Waals surface area contributed by atoms with E-state index in [0.717, 1.165) is 5.56 Å². The number of carbonyl (C=O) groups excluding carboxylic acids is 3. The number of nitrogens with one attached hydrogen (secondary N) is 3. The Hall–Kier alpha value is -3.06. The first-order valence-corrected chi connectivity index (χ1v) is 12.2. The van der Waals surface area contributed by atoms with Crippen LogP contribution < -0.4 is 33.2 Å². The summed E-state index contributed by atoms with van der Waals surface area (Å²) in [4.78, 5) is 49.8. The zero-order chi connectivity index (χ0) is 26.9. The number of benzene rings is 1. The molecule has 1 aromatic rings. The molecule has 0 aromatic heterocycles. The predicted octanol–water partition coefficient (Wildman–Crippen LogP) is -1.65. The van der Waals surface area contributed by atoms with E-state index in [1.165, 1.54) is 0 Å². The van der Waals surface area contributed by atoms with Crippen molar-refractivity contribution in [3.8, 4) is 0 Å². The number of amides is 3. The van der Waals surface area contributed by atoms with Crippen LogP contribution in [-0.4, -0.2) is 77.8 Å². The van der Waals surface area contributed by atoms with Crippen LogP contribution in [0.3, 0.4) is 0 Å². The SMILES string of the molecule is NCCCCC(N)C(=O)NC(Cc1ccccc1)C(=O)NC(CO)C(=O)NC(CCCCN)C(=O)O. The molecule has 36 heavy (non-hydrogen) atoms. The minimum absolute atomic E-state index is 0.116. The summed E-state index contributed by atoms with van der Waals surface area (Å²) in [7, 11) is 0. The summed E-state index contributed by atoms with van der Waals surface area (Å²) in [6.07, 6.45) is 3.11. The van der Waals surface area contributed by atoms with Crippen molar-refractivity contribution in [2.24, 2.45) is 17.2 Å². The van der Waals surface area contributed by atoms with Gasteiger partial charge in [0.1, 0.15) is 18.1 Å². The molecule has 0 saturated heterocycles. The quantitative estimate of drug-likeness (QED) is 0.106. The van der Waals surface area contributed by atoms with E-state index in [1.54, 1.807) is 24.3 Å². The van der Waals surface area contributed by atoms with E-state index in [4.69, 9.17) is 17.2 Å². The standard InChI is InChI=1S/C24H40N6O6/c25-12-6-4-10-17(27)21(32)29-19(14-16-8-2-1-3-9-16)22(33)30-20(15-31)23(34)28-18(24(35)36)11-5-7-13-26/h1-3,8-9,17-20,31H,4-7,10-15,25-27H2,(H,28,34)(H,29,32)(H,30,33)(H,35,36). The maximum absolute atomic E-state index is 13.1. The number of carboxylic acids is 1. The van der Waals surface area contributed by atoms with Gasteiger partial charge in [0.15, 0.2) is 0 Å². The molecule has 202 valence electrons. The highest BCUT2D eigenvalue weighted by molar-refractivity contribution is 5.94. The molecule has 4 unspecified atom stereocenters. The Labute approximate surface area is 211 Å². The van der Waals surface area contributed by atoms with Crippen molar-refractivity contribution in [1.82, 2.24) is 16.0 Å². The maximum Gasteiger partial charge on any atom is 0.326 e. The van der Waals surface area contributed by atoms with Gasteiger partial charge in [-0.3, -0.25) is 14.4 Å². The van der Waals surface area contributed by atoms with Gasteiger partial charge in [-0.1, -0.05) is 36.8 Å². The summed E-state index contributed by atoms with van der Waals surface area (Å²) < 4.78 is 0. The molecular weight excluding hydrogens is 468 g/mol. The molecule has 12 heteroatoms. The number of nitrogens with two attached hydrogens (primary N) is 3. The largest absolute Gasteiger partial charge is 0.480 e. The molecule has 0 fully saturated rings.